The largest absolute Gasteiger partial charge is 0.463 e. The first-order chi connectivity index (χ1) is 13.6. The standard InChI is InChI=1S/C23H34O6/c1-13(25)29-15-6-8-21(2)14(10-15)4-5-16-17-7-9-23(28,19(27)12-24)22(17,3)11-18(26)20(16)21/h14-17,20,24,28H,4-12H2,1-3H3. The van der Waals surface area contributed by atoms with Gasteiger partial charge in [-0.05, 0) is 68.1 Å². The third-order valence-electron chi connectivity index (χ3n) is 9.40. The van der Waals surface area contributed by atoms with E-state index in [1.54, 1.807) is 0 Å². The molecule has 0 spiro atoms. The van der Waals surface area contributed by atoms with Gasteiger partial charge in [-0.15, -0.1) is 0 Å². The number of carbonyl (C=O) groups is 3. The summed E-state index contributed by atoms with van der Waals surface area (Å²) in [5, 5.41) is 20.6. The van der Waals surface area contributed by atoms with E-state index in [1.165, 1.54) is 6.92 Å². The maximum atomic E-state index is 13.5. The highest BCUT2D eigenvalue weighted by Crippen LogP contribution is 2.67. The van der Waals surface area contributed by atoms with Gasteiger partial charge in [0.05, 0.1) is 0 Å². The molecule has 6 heteroatoms. The first-order valence-corrected chi connectivity index (χ1v) is 11.1. The molecule has 4 aliphatic rings. The molecule has 0 saturated heterocycles. The first-order valence-electron chi connectivity index (χ1n) is 11.1. The fourth-order valence-electron chi connectivity index (χ4n) is 7.97. The number of rotatable bonds is 3. The smallest absolute Gasteiger partial charge is 0.302 e. The van der Waals surface area contributed by atoms with Crippen LogP contribution in [0, 0.1) is 34.5 Å². The molecular formula is C23H34O6. The zero-order valence-corrected chi connectivity index (χ0v) is 17.8. The fourth-order valence-corrected chi connectivity index (χ4v) is 7.97. The molecule has 29 heavy (non-hydrogen) atoms. The molecule has 6 nitrogen and oxygen atoms in total. The summed E-state index contributed by atoms with van der Waals surface area (Å²) in [5.41, 5.74) is -2.50. The summed E-state index contributed by atoms with van der Waals surface area (Å²) < 4.78 is 5.48. The molecule has 0 aromatic rings. The van der Waals surface area contributed by atoms with Gasteiger partial charge in [0.25, 0.3) is 0 Å². The summed E-state index contributed by atoms with van der Waals surface area (Å²) in [7, 11) is 0. The highest BCUT2D eigenvalue weighted by Gasteiger charge is 2.68. The lowest BCUT2D eigenvalue weighted by molar-refractivity contribution is -0.182. The van der Waals surface area contributed by atoms with Gasteiger partial charge in [-0.25, -0.2) is 0 Å². The second-order valence-corrected chi connectivity index (χ2v) is 10.6. The molecule has 0 radical (unpaired) electrons. The minimum atomic E-state index is -1.60. The average Bonchev–Trinajstić information content (AvgIpc) is 2.92. The van der Waals surface area contributed by atoms with Crippen molar-refractivity contribution in [3.8, 4) is 0 Å². The predicted molar refractivity (Wildman–Crippen MR) is 105 cm³/mol. The minimum absolute atomic E-state index is 0.0511. The van der Waals surface area contributed by atoms with Crippen LogP contribution in [0.4, 0.5) is 0 Å². The van der Waals surface area contributed by atoms with Crippen LogP contribution in [0.1, 0.15) is 72.1 Å². The molecule has 4 aliphatic carbocycles. The molecule has 0 aromatic carbocycles. The molecule has 4 fully saturated rings. The van der Waals surface area contributed by atoms with Gasteiger partial charge in [0.2, 0.25) is 0 Å². The molecule has 4 rings (SSSR count). The first kappa shape index (κ1) is 21.0. The van der Waals surface area contributed by atoms with Gasteiger partial charge in [-0.3, -0.25) is 14.4 Å². The van der Waals surface area contributed by atoms with E-state index in [9.17, 15) is 24.6 Å². The Labute approximate surface area is 172 Å². The number of hydrogen-bond acceptors (Lipinski definition) is 6. The number of carbonyl (C=O) groups excluding carboxylic acids is 3. The van der Waals surface area contributed by atoms with E-state index in [1.807, 2.05) is 6.92 Å². The van der Waals surface area contributed by atoms with E-state index in [4.69, 9.17) is 4.74 Å². The highest BCUT2D eigenvalue weighted by atomic mass is 16.5. The quantitative estimate of drug-likeness (QED) is 0.698. The van der Waals surface area contributed by atoms with E-state index in [2.05, 4.69) is 6.92 Å². The zero-order chi connectivity index (χ0) is 21.2. The molecule has 0 amide bonds. The number of Topliss-reactive ketones (excluding diaryl/α,β-unsaturated/α-hetero) is 2. The molecule has 0 aromatic heterocycles. The van der Waals surface area contributed by atoms with E-state index >= 15 is 0 Å². The SMILES string of the molecule is CC(=O)OC1CCC2(C)C(CCC3C2C(=O)CC2(C)C3CCC2(O)C(=O)CO)C1. The van der Waals surface area contributed by atoms with E-state index < -0.39 is 23.4 Å². The number of ether oxygens (including phenoxy) is 1. The topological polar surface area (TPSA) is 101 Å². The number of aliphatic hydroxyl groups is 2. The van der Waals surface area contributed by atoms with Crippen molar-refractivity contribution in [3.05, 3.63) is 0 Å². The number of ketones is 2. The van der Waals surface area contributed by atoms with Gasteiger partial charge in [-0.2, -0.15) is 0 Å². The lowest BCUT2D eigenvalue weighted by Crippen LogP contribution is -2.62. The Morgan fingerprint density at radius 1 is 1.14 bits per heavy atom. The summed E-state index contributed by atoms with van der Waals surface area (Å²) in [6.45, 7) is 4.89. The lowest BCUT2D eigenvalue weighted by Gasteiger charge is -2.60. The van der Waals surface area contributed by atoms with Crippen LogP contribution in [0.2, 0.25) is 0 Å². The van der Waals surface area contributed by atoms with E-state index in [0.717, 1.165) is 38.5 Å². The van der Waals surface area contributed by atoms with Crippen LogP contribution in [-0.4, -0.2) is 46.1 Å². The van der Waals surface area contributed by atoms with Crippen LogP contribution < -0.4 is 0 Å². The lowest BCUT2D eigenvalue weighted by atomic mass is 9.44. The van der Waals surface area contributed by atoms with Gasteiger partial charge in [-0.1, -0.05) is 13.8 Å². The van der Waals surface area contributed by atoms with Gasteiger partial charge >= 0.3 is 5.97 Å². The van der Waals surface area contributed by atoms with Crippen LogP contribution in [0.5, 0.6) is 0 Å². The summed E-state index contributed by atoms with van der Waals surface area (Å²) >= 11 is 0. The number of esters is 1. The number of hydrogen-bond donors (Lipinski definition) is 2. The Bertz CT molecular complexity index is 733. The molecular weight excluding hydrogens is 372 g/mol. The second-order valence-electron chi connectivity index (χ2n) is 10.6. The van der Waals surface area contributed by atoms with Crippen molar-refractivity contribution in [1.29, 1.82) is 0 Å². The highest BCUT2D eigenvalue weighted by molar-refractivity contribution is 5.92. The normalized spacial score (nSPS) is 49.0. The Hall–Kier alpha value is -1.27. The molecule has 0 aliphatic heterocycles. The van der Waals surface area contributed by atoms with Gasteiger partial charge in [0, 0.05) is 24.7 Å². The van der Waals surface area contributed by atoms with Gasteiger partial charge in [0.15, 0.2) is 5.78 Å². The molecule has 8 unspecified atom stereocenters. The summed E-state index contributed by atoms with van der Waals surface area (Å²) in [5.74, 6) is -0.0225. The molecule has 0 heterocycles. The van der Waals surface area contributed by atoms with Crippen molar-refractivity contribution in [1.82, 2.24) is 0 Å². The minimum Gasteiger partial charge on any atom is -0.463 e. The Balaban J connectivity index is 1.62. The fraction of sp³-hybridized carbons (Fsp3) is 0.870. The third-order valence-corrected chi connectivity index (χ3v) is 9.40. The maximum absolute atomic E-state index is 13.5. The Morgan fingerprint density at radius 3 is 2.52 bits per heavy atom. The van der Waals surface area contributed by atoms with Crippen molar-refractivity contribution >= 4 is 17.5 Å². The predicted octanol–water partition coefficient (Wildman–Crippen LogP) is 2.43. The Morgan fingerprint density at radius 2 is 1.86 bits per heavy atom. The van der Waals surface area contributed by atoms with Gasteiger partial charge in [0.1, 0.15) is 24.1 Å². The molecule has 2 N–H and O–H groups in total. The average molecular weight is 407 g/mol. The van der Waals surface area contributed by atoms with Crippen LogP contribution >= 0.6 is 0 Å². The molecule has 8 atom stereocenters. The molecule has 0 bridgehead atoms. The van der Waals surface area contributed by atoms with Crippen LogP contribution in [0.3, 0.4) is 0 Å². The molecule has 162 valence electrons. The van der Waals surface area contributed by atoms with Crippen molar-refractivity contribution < 1.29 is 29.3 Å². The van der Waals surface area contributed by atoms with Crippen LogP contribution in [0.15, 0.2) is 0 Å². The summed E-state index contributed by atoms with van der Waals surface area (Å²) in [4.78, 5) is 37.3. The molecule has 4 saturated carbocycles. The third kappa shape index (κ3) is 2.85. The van der Waals surface area contributed by atoms with Crippen molar-refractivity contribution in [2.75, 3.05) is 6.61 Å². The number of aliphatic hydroxyl groups excluding tert-OH is 1. The second kappa shape index (κ2) is 6.88. The van der Waals surface area contributed by atoms with Crippen molar-refractivity contribution in [2.45, 2.75) is 83.8 Å². The number of fused-ring (bicyclic) bond motifs is 5. The Kier molecular flexibility index (Phi) is 4.97. The van der Waals surface area contributed by atoms with Crippen LogP contribution in [-0.2, 0) is 19.1 Å². The zero-order valence-electron chi connectivity index (χ0n) is 17.8. The maximum Gasteiger partial charge on any atom is 0.302 e. The summed E-state index contributed by atoms with van der Waals surface area (Å²) in [6, 6.07) is 0. The van der Waals surface area contributed by atoms with Crippen molar-refractivity contribution in [2.24, 2.45) is 34.5 Å². The van der Waals surface area contributed by atoms with Crippen molar-refractivity contribution in [3.63, 3.8) is 0 Å². The van der Waals surface area contributed by atoms with E-state index in [-0.39, 0.29) is 47.4 Å². The monoisotopic (exact) mass is 406 g/mol. The van der Waals surface area contributed by atoms with Gasteiger partial charge < -0.3 is 14.9 Å². The summed E-state index contributed by atoms with van der Waals surface area (Å²) in [6.07, 6.45) is 5.59. The van der Waals surface area contributed by atoms with E-state index in [0.29, 0.717) is 12.3 Å². The van der Waals surface area contributed by atoms with Crippen LogP contribution in [0.25, 0.3) is 0 Å².